The molecule has 18 heavy (non-hydrogen) atoms. The number of carbonyl (C=O) groups excluding carboxylic acids is 1. The first-order valence-corrected chi connectivity index (χ1v) is 6.08. The third-order valence-electron chi connectivity index (χ3n) is 2.90. The average Bonchev–Trinajstić information content (AvgIpc) is 2.26. The van der Waals surface area contributed by atoms with Gasteiger partial charge >= 0.3 is 6.09 Å². The summed E-state index contributed by atoms with van der Waals surface area (Å²) in [5.41, 5.74) is 0.473. The van der Waals surface area contributed by atoms with Gasteiger partial charge in [0.05, 0.1) is 10.5 Å². The van der Waals surface area contributed by atoms with Crippen LogP contribution in [0.4, 0.5) is 9.18 Å². The van der Waals surface area contributed by atoms with Crippen LogP contribution in [0, 0.1) is 11.2 Å². The van der Waals surface area contributed by atoms with Gasteiger partial charge in [-0.1, -0.05) is 19.9 Å². The lowest BCUT2D eigenvalue weighted by Gasteiger charge is -2.38. The summed E-state index contributed by atoms with van der Waals surface area (Å²) in [7, 11) is 0. The topological polar surface area (TPSA) is 38.3 Å². The van der Waals surface area contributed by atoms with Gasteiger partial charge in [-0.2, -0.15) is 0 Å². The Bertz CT molecular complexity index is 467. The molecule has 0 radical (unpaired) electrons. The van der Waals surface area contributed by atoms with Crippen LogP contribution in [-0.4, -0.2) is 12.7 Å². The normalized spacial score (nSPS) is 21.6. The Balaban J connectivity index is 0.00000162. The third-order valence-corrected chi connectivity index (χ3v) is 3.54. The van der Waals surface area contributed by atoms with E-state index in [2.05, 4.69) is 21.2 Å². The summed E-state index contributed by atoms with van der Waals surface area (Å²) in [5, 5.41) is 2.73. The molecule has 1 heterocycles. The van der Waals surface area contributed by atoms with E-state index < -0.39 is 6.09 Å². The monoisotopic (exact) mass is 337 g/mol. The highest BCUT2D eigenvalue weighted by Gasteiger charge is 2.38. The molecule has 1 saturated heterocycles. The molecule has 1 N–H and O–H groups in total. The summed E-state index contributed by atoms with van der Waals surface area (Å²) < 4.78 is 18.9. The molecule has 1 amide bonds. The lowest BCUT2D eigenvalue weighted by molar-refractivity contribution is 0.0386. The summed E-state index contributed by atoms with van der Waals surface area (Å²) in [6.07, 6.45) is -0.461. The van der Waals surface area contributed by atoms with Crippen molar-refractivity contribution in [2.75, 3.05) is 6.61 Å². The zero-order chi connectivity index (χ0) is 12.6. The van der Waals surface area contributed by atoms with Crippen molar-refractivity contribution in [3.63, 3.8) is 0 Å². The van der Waals surface area contributed by atoms with Crippen LogP contribution in [-0.2, 0) is 4.74 Å². The van der Waals surface area contributed by atoms with Gasteiger partial charge in [-0.25, -0.2) is 9.18 Å². The molecule has 0 aliphatic carbocycles. The molecular weight excluding hydrogens is 324 g/mol. The van der Waals surface area contributed by atoms with Crippen LogP contribution in [0.25, 0.3) is 0 Å². The van der Waals surface area contributed by atoms with Gasteiger partial charge in [-0.3, -0.25) is 0 Å². The number of halogens is 3. The number of amides is 1. The Kier molecular flexibility index (Phi) is 4.61. The van der Waals surface area contributed by atoms with Gasteiger partial charge in [0, 0.05) is 5.41 Å². The molecule has 0 bridgehead atoms. The van der Waals surface area contributed by atoms with Crippen molar-refractivity contribution in [1.82, 2.24) is 5.32 Å². The van der Waals surface area contributed by atoms with Gasteiger partial charge in [0.2, 0.25) is 0 Å². The van der Waals surface area contributed by atoms with Gasteiger partial charge in [0.15, 0.2) is 0 Å². The number of nitrogens with one attached hydrogen (secondary N) is 1. The van der Waals surface area contributed by atoms with E-state index in [1.807, 2.05) is 13.8 Å². The quantitative estimate of drug-likeness (QED) is 0.845. The van der Waals surface area contributed by atoms with E-state index >= 15 is 0 Å². The predicted molar refractivity (Wildman–Crippen MR) is 72.4 cm³/mol. The molecule has 0 saturated carbocycles. The number of benzene rings is 1. The van der Waals surface area contributed by atoms with Crippen molar-refractivity contribution >= 4 is 34.4 Å². The lowest BCUT2D eigenvalue weighted by atomic mass is 9.80. The molecule has 3 nitrogen and oxygen atoms in total. The van der Waals surface area contributed by atoms with Crippen LogP contribution in [0.3, 0.4) is 0 Å². The number of alkyl carbamates (subject to hydrolysis) is 1. The second kappa shape index (κ2) is 5.45. The molecule has 1 fully saturated rings. The average molecular weight is 339 g/mol. The highest BCUT2D eigenvalue weighted by Crippen LogP contribution is 2.37. The fraction of sp³-hybridized carbons (Fsp3) is 0.417. The molecular formula is C12H14BrClFNO2. The van der Waals surface area contributed by atoms with Crippen LogP contribution in [0.2, 0.25) is 0 Å². The second-order valence-corrected chi connectivity index (χ2v) is 5.67. The largest absolute Gasteiger partial charge is 0.449 e. The van der Waals surface area contributed by atoms with E-state index in [1.165, 1.54) is 6.07 Å². The summed E-state index contributed by atoms with van der Waals surface area (Å²) >= 11 is 3.11. The number of rotatable bonds is 1. The molecule has 1 aliphatic rings. The number of carbonyl (C=O) groups is 1. The minimum Gasteiger partial charge on any atom is -0.449 e. The summed E-state index contributed by atoms with van der Waals surface area (Å²) in [6, 6.07) is 4.63. The Hall–Kier alpha value is -0.810. The van der Waals surface area contributed by atoms with Crippen LogP contribution >= 0.6 is 28.3 Å². The fourth-order valence-corrected chi connectivity index (χ4v) is 2.16. The maximum atomic E-state index is 13.5. The SMILES string of the molecule is CC1(C)COC(=O)N[C@@H]1c1ccc(Br)c(F)c1.Cl. The zero-order valence-electron chi connectivity index (χ0n) is 10.00. The second-order valence-electron chi connectivity index (χ2n) is 4.82. The maximum Gasteiger partial charge on any atom is 0.407 e. The van der Waals surface area contributed by atoms with Crippen LogP contribution < -0.4 is 5.32 Å². The molecule has 0 spiro atoms. The Labute approximate surface area is 120 Å². The summed E-state index contributed by atoms with van der Waals surface area (Å²) in [4.78, 5) is 11.3. The molecule has 1 aliphatic heterocycles. The van der Waals surface area contributed by atoms with E-state index in [0.29, 0.717) is 11.1 Å². The zero-order valence-corrected chi connectivity index (χ0v) is 12.4. The number of hydrogen-bond donors (Lipinski definition) is 1. The van der Waals surface area contributed by atoms with E-state index in [-0.39, 0.29) is 29.7 Å². The number of hydrogen-bond acceptors (Lipinski definition) is 2. The Morgan fingerprint density at radius 2 is 2.17 bits per heavy atom. The minimum atomic E-state index is -0.461. The Morgan fingerprint density at radius 1 is 1.50 bits per heavy atom. The van der Waals surface area contributed by atoms with E-state index in [4.69, 9.17) is 4.74 Å². The van der Waals surface area contributed by atoms with Crippen LogP contribution in [0.5, 0.6) is 0 Å². The van der Waals surface area contributed by atoms with Crippen molar-refractivity contribution in [1.29, 1.82) is 0 Å². The van der Waals surface area contributed by atoms with Crippen molar-refractivity contribution in [3.8, 4) is 0 Å². The molecule has 6 heteroatoms. The van der Waals surface area contributed by atoms with Gasteiger partial charge in [-0.15, -0.1) is 12.4 Å². The molecule has 0 aromatic heterocycles. The number of cyclic esters (lactones) is 1. The van der Waals surface area contributed by atoms with Crippen LogP contribution in [0.1, 0.15) is 25.5 Å². The van der Waals surface area contributed by atoms with Crippen molar-refractivity contribution in [3.05, 3.63) is 34.1 Å². The minimum absolute atomic E-state index is 0. The van der Waals surface area contributed by atoms with Crippen molar-refractivity contribution in [2.45, 2.75) is 19.9 Å². The first-order valence-electron chi connectivity index (χ1n) is 5.28. The molecule has 1 atom stereocenters. The third kappa shape index (κ3) is 2.95. The summed E-state index contributed by atoms with van der Waals surface area (Å²) in [5.74, 6) is -0.334. The van der Waals surface area contributed by atoms with Gasteiger partial charge < -0.3 is 10.1 Å². The molecule has 1 aromatic carbocycles. The summed E-state index contributed by atoms with van der Waals surface area (Å²) in [6.45, 7) is 4.26. The van der Waals surface area contributed by atoms with Gasteiger partial charge in [-0.05, 0) is 33.6 Å². The lowest BCUT2D eigenvalue weighted by Crippen LogP contribution is -2.46. The first-order chi connectivity index (χ1) is 7.90. The molecule has 0 unspecified atom stereocenters. The van der Waals surface area contributed by atoms with E-state index in [1.54, 1.807) is 12.1 Å². The van der Waals surface area contributed by atoms with Gasteiger partial charge in [0.25, 0.3) is 0 Å². The smallest absolute Gasteiger partial charge is 0.407 e. The highest BCUT2D eigenvalue weighted by molar-refractivity contribution is 9.10. The Morgan fingerprint density at radius 3 is 2.78 bits per heavy atom. The van der Waals surface area contributed by atoms with Crippen LogP contribution in [0.15, 0.2) is 22.7 Å². The standard InChI is InChI=1S/C12H13BrFNO2.ClH/c1-12(2)6-17-11(16)15-10(12)7-3-4-8(13)9(14)5-7;/h3-5,10H,6H2,1-2H3,(H,15,16);1H/t10-;/m1./s1. The molecule has 1 aromatic rings. The first kappa shape index (κ1) is 15.2. The number of ether oxygens (including phenoxy) is 1. The fourth-order valence-electron chi connectivity index (χ4n) is 1.92. The van der Waals surface area contributed by atoms with E-state index in [0.717, 1.165) is 5.56 Å². The highest BCUT2D eigenvalue weighted by atomic mass is 79.9. The van der Waals surface area contributed by atoms with Gasteiger partial charge in [0.1, 0.15) is 12.4 Å². The predicted octanol–water partition coefficient (Wildman–Crippen LogP) is 3.82. The van der Waals surface area contributed by atoms with Crippen molar-refractivity contribution in [2.24, 2.45) is 5.41 Å². The maximum absolute atomic E-state index is 13.5. The van der Waals surface area contributed by atoms with Crippen molar-refractivity contribution < 1.29 is 13.9 Å². The van der Waals surface area contributed by atoms with E-state index in [9.17, 15) is 9.18 Å². The molecule has 2 rings (SSSR count). The molecule has 100 valence electrons.